The predicted molar refractivity (Wildman–Crippen MR) is 95.5 cm³/mol. The first-order valence-electron chi connectivity index (χ1n) is 8.40. The zero-order valence-electron chi connectivity index (χ0n) is 14.4. The topological polar surface area (TPSA) is 63.3 Å². The third-order valence-corrected chi connectivity index (χ3v) is 5.98. The minimum absolute atomic E-state index is 0.0829. The first-order chi connectivity index (χ1) is 12.8. The third-order valence-electron chi connectivity index (χ3n) is 4.80. The summed E-state index contributed by atoms with van der Waals surface area (Å²) >= 11 is 0.633. The molecule has 4 rings (SSSR count). The fourth-order valence-electron chi connectivity index (χ4n) is 3.15. The van der Waals surface area contributed by atoms with Crippen LogP contribution >= 0.6 is 11.3 Å². The highest BCUT2D eigenvalue weighted by Crippen LogP contribution is 2.38. The number of aromatic nitrogens is 3. The van der Waals surface area contributed by atoms with Crippen molar-refractivity contribution in [2.75, 3.05) is 13.1 Å². The van der Waals surface area contributed by atoms with Crippen molar-refractivity contribution in [3.63, 3.8) is 0 Å². The van der Waals surface area contributed by atoms with Crippen molar-refractivity contribution in [3.8, 4) is 10.4 Å². The van der Waals surface area contributed by atoms with Gasteiger partial charge in [0.05, 0.1) is 12.1 Å². The number of likely N-dealkylation sites (tertiary alicyclic amines) is 1. The molecule has 1 aliphatic heterocycles. The molecule has 0 aliphatic carbocycles. The quantitative estimate of drug-likeness (QED) is 0.734. The number of imidazole rings is 1. The van der Waals surface area contributed by atoms with Gasteiger partial charge in [-0.3, -0.25) is 14.0 Å². The number of hydrogen-bond donors (Lipinski definition) is 1. The second kappa shape index (κ2) is 6.47. The van der Waals surface area contributed by atoms with Crippen LogP contribution in [-0.2, 0) is 19.8 Å². The van der Waals surface area contributed by atoms with Gasteiger partial charge < -0.3 is 5.11 Å². The molecule has 1 fully saturated rings. The Morgan fingerprint density at radius 1 is 1.33 bits per heavy atom. The standard InChI is InChI=1S/C17H17F3N4O2S/c1-22-15-11(24(16(22)26)9-14(25)23-5-2-6-23)7-10(8-21-15)12-3-4-13(27-12)17(18,19)20/h3-4,7-8,14,25H,2,5-6,9H2,1H3. The number of alkyl halides is 3. The zero-order valence-corrected chi connectivity index (χ0v) is 15.2. The Balaban J connectivity index is 1.75. The number of thiophene rings is 1. The minimum Gasteiger partial charge on any atom is -0.376 e. The number of nitrogens with zero attached hydrogens (tertiary/aromatic N) is 4. The molecule has 0 spiro atoms. The van der Waals surface area contributed by atoms with E-state index in [1.807, 2.05) is 4.90 Å². The number of halogens is 3. The smallest absolute Gasteiger partial charge is 0.376 e. The fraction of sp³-hybridized carbons (Fsp3) is 0.412. The van der Waals surface area contributed by atoms with Gasteiger partial charge in [0.2, 0.25) is 0 Å². The van der Waals surface area contributed by atoms with Crippen LogP contribution in [0.15, 0.2) is 29.2 Å². The number of fused-ring (bicyclic) bond motifs is 1. The van der Waals surface area contributed by atoms with Crippen LogP contribution in [0.2, 0.25) is 0 Å². The largest absolute Gasteiger partial charge is 0.425 e. The molecule has 0 saturated carbocycles. The number of rotatable bonds is 4. The van der Waals surface area contributed by atoms with Crippen LogP contribution in [0.4, 0.5) is 13.2 Å². The van der Waals surface area contributed by atoms with Crippen LogP contribution in [0.1, 0.15) is 11.3 Å². The first kappa shape index (κ1) is 18.2. The lowest BCUT2D eigenvalue weighted by Crippen LogP contribution is -2.47. The molecule has 1 N–H and O–H groups in total. The lowest BCUT2D eigenvalue weighted by atomic mass is 10.2. The lowest BCUT2D eigenvalue weighted by Gasteiger charge is -2.35. The molecule has 0 aromatic carbocycles. The van der Waals surface area contributed by atoms with Gasteiger partial charge in [0.15, 0.2) is 5.65 Å². The molecule has 6 nitrogen and oxygen atoms in total. The number of aliphatic hydroxyl groups excluding tert-OH is 1. The van der Waals surface area contributed by atoms with E-state index < -0.39 is 17.3 Å². The molecular formula is C17H17F3N4O2S. The monoisotopic (exact) mass is 398 g/mol. The van der Waals surface area contributed by atoms with Gasteiger partial charge in [-0.05, 0) is 24.6 Å². The van der Waals surface area contributed by atoms with Crippen LogP contribution in [0.5, 0.6) is 0 Å². The summed E-state index contributed by atoms with van der Waals surface area (Å²) in [4.78, 5) is 18.4. The van der Waals surface area contributed by atoms with Gasteiger partial charge in [-0.2, -0.15) is 13.2 Å². The van der Waals surface area contributed by atoms with E-state index in [4.69, 9.17) is 0 Å². The third kappa shape index (κ3) is 3.17. The number of pyridine rings is 1. The van der Waals surface area contributed by atoms with E-state index in [0.717, 1.165) is 25.6 Å². The van der Waals surface area contributed by atoms with E-state index in [-0.39, 0.29) is 12.2 Å². The van der Waals surface area contributed by atoms with Crippen LogP contribution in [0.3, 0.4) is 0 Å². The van der Waals surface area contributed by atoms with E-state index >= 15 is 0 Å². The lowest BCUT2D eigenvalue weighted by molar-refractivity contribution is -0.134. The predicted octanol–water partition coefficient (Wildman–Crippen LogP) is 2.51. The molecule has 27 heavy (non-hydrogen) atoms. The molecule has 10 heteroatoms. The normalized spacial score (nSPS) is 16.6. The summed E-state index contributed by atoms with van der Waals surface area (Å²) in [5.41, 5.74) is 1.09. The Morgan fingerprint density at radius 3 is 2.67 bits per heavy atom. The Bertz CT molecular complexity index is 1050. The van der Waals surface area contributed by atoms with Crippen molar-refractivity contribution >= 4 is 22.5 Å². The van der Waals surface area contributed by atoms with Gasteiger partial charge in [0, 0.05) is 36.8 Å². The summed E-state index contributed by atoms with van der Waals surface area (Å²) in [6, 6.07) is 4.09. The fourth-order valence-corrected chi connectivity index (χ4v) is 4.01. The van der Waals surface area contributed by atoms with Gasteiger partial charge in [-0.1, -0.05) is 0 Å². The minimum atomic E-state index is -4.39. The van der Waals surface area contributed by atoms with E-state index in [1.54, 1.807) is 13.1 Å². The second-order valence-corrected chi connectivity index (χ2v) is 7.63. The summed E-state index contributed by atoms with van der Waals surface area (Å²) in [6.07, 6.45) is -2.71. The van der Waals surface area contributed by atoms with E-state index in [1.165, 1.54) is 21.4 Å². The molecule has 1 unspecified atom stereocenters. The Labute approximate surface area is 156 Å². The number of aliphatic hydroxyl groups is 1. The zero-order chi connectivity index (χ0) is 19.3. The maximum Gasteiger partial charge on any atom is 0.425 e. The molecular weight excluding hydrogens is 381 g/mol. The van der Waals surface area contributed by atoms with Crippen LogP contribution in [0.25, 0.3) is 21.6 Å². The molecule has 0 amide bonds. The van der Waals surface area contributed by atoms with Crippen molar-refractivity contribution < 1.29 is 18.3 Å². The van der Waals surface area contributed by atoms with Crippen LogP contribution in [-0.4, -0.2) is 43.4 Å². The van der Waals surface area contributed by atoms with E-state index in [2.05, 4.69) is 4.98 Å². The summed E-state index contributed by atoms with van der Waals surface area (Å²) < 4.78 is 41.4. The summed E-state index contributed by atoms with van der Waals surface area (Å²) in [6.45, 7) is 1.64. The van der Waals surface area contributed by atoms with Crippen LogP contribution in [0, 0.1) is 0 Å². The summed E-state index contributed by atoms with van der Waals surface area (Å²) in [5, 5.41) is 10.3. The number of hydrogen-bond acceptors (Lipinski definition) is 5. The summed E-state index contributed by atoms with van der Waals surface area (Å²) in [5.74, 6) is 0. The van der Waals surface area contributed by atoms with E-state index in [0.29, 0.717) is 32.9 Å². The van der Waals surface area contributed by atoms with Crippen molar-refractivity contribution in [2.45, 2.75) is 25.4 Å². The van der Waals surface area contributed by atoms with Crippen molar-refractivity contribution in [3.05, 3.63) is 39.8 Å². The summed E-state index contributed by atoms with van der Waals surface area (Å²) in [7, 11) is 1.58. The Kier molecular flexibility index (Phi) is 4.36. The van der Waals surface area contributed by atoms with Crippen molar-refractivity contribution in [1.29, 1.82) is 0 Å². The van der Waals surface area contributed by atoms with Gasteiger partial charge in [0.25, 0.3) is 0 Å². The highest BCUT2D eigenvalue weighted by Gasteiger charge is 2.32. The molecule has 1 aliphatic rings. The maximum atomic E-state index is 12.9. The van der Waals surface area contributed by atoms with Crippen molar-refractivity contribution in [1.82, 2.24) is 19.0 Å². The van der Waals surface area contributed by atoms with Crippen molar-refractivity contribution in [2.24, 2.45) is 7.05 Å². The highest BCUT2D eigenvalue weighted by molar-refractivity contribution is 7.15. The average molecular weight is 398 g/mol. The van der Waals surface area contributed by atoms with Gasteiger partial charge in [0.1, 0.15) is 11.1 Å². The van der Waals surface area contributed by atoms with Gasteiger partial charge in [-0.15, -0.1) is 11.3 Å². The molecule has 144 valence electrons. The molecule has 3 aromatic rings. The molecule has 1 atom stereocenters. The van der Waals surface area contributed by atoms with E-state index in [9.17, 15) is 23.1 Å². The highest BCUT2D eigenvalue weighted by atomic mass is 32.1. The molecule has 1 saturated heterocycles. The van der Waals surface area contributed by atoms with Gasteiger partial charge >= 0.3 is 11.9 Å². The second-order valence-electron chi connectivity index (χ2n) is 6.55. The molecule has 4 heterocycles. The van der Waals surface area contributed by atoms with Crippen LogP contribution < -0.4 is 5.69 Å². The van der Waals surface area contributed by atoms with Gasteiger partial charge in [-0.25, -0.2) is 9.78 Å². The Morgan fingerprint density at radius 2 is 2.07 bits per heavy atom. The maximum absolute atomic E-state index is 12.9. The number of aryl methyl sites for hydroxylation is 1. The molecule has 3 aromatic heterocycles. The first-order valence-corrected chi connectivity index (χ1v) is 9.22. The molecule has 0 radical (unpaired) electrons. The Hall–Kier alpha value is -2.17. The molecule has 0 bridgehead atoms. The SMILES string of the molecule is Cn1c(=O)n(CC(O)N2CCC2)c2cc(-c3ccc(C(F)(F)F)s3)cnc21. The average Bonchev–Trinajstić information content (AvgIpc) is 3.13.